The lowest BCUT2D eigenvalue weighted by atomic mass is 9.98. The van der Waals surface area contributed by atoms with Gasteiger partial charge in [-0.1, -0.05) is 13.8 Å². The van der Waals surface area contributed by atoms with E-state index in [0.29, 0.717) is 32.0 Å². The molecule has 0 bridgehead atoms. The summed E-state index contributed by atoms with van der Waals surface area (Å²) in [7, 11) is 0. The Bertz CT molecular complexity index is 334. The molecule has 1 heterocycles. The summed E-state index contributed by atoms with van der Waals surface area (Å²) in [5, 5.41) is 11.8. The van der Waals surface area contributed by atoms with Crippen molar-refractivity contribution in [2.45, 2.75) is 33.1 Å². The molecule has 0 aromatic heterocycles. The molecule has 0 aromatic rings. The van der Waals surface area contributed by atoms with Crippen LogP contribution in [0.1, 0.15) is 33.1 Å². The molecule has 1 saturated heterocycles. The Labute approximate surface area is 126 Å². The number of rotatable bonds is 9. The topological polar surface area (TPSA) is 78.9 Å². The largest absolute Gasteiger partial charge is 0.481 e. The second-order valence-corrected chi connectivity index (χ2v) is 6.06. The van der Waals surface area contributed by atoms with Crippen LogP contribution >= 0.6 is 0 Å². The quantitative estimate of drug-likeness (QED) is 0.620. The number of hydrogen-bond acceptors (Lipinski definition) is 4. The highest BCUT2D eigenvalue weighted by atomic mass is 16.5. The number of carboxylic acids is 1. The van der Waals surface area contributed by atoms with Crippen LogP contribution in [-0.4, -0.2) is 61.3 Å². The molecule has 1 rings (SSSR count). The number of aliphatic carboxylic acids is 1. The van der Waals surface area contributed by atoms with Crippen molar-refractivity contribution in [1.29, 1.82) is 0 Å². The molecular weight excluding hydrogens is 272 g/mol. The van der Waals surface area contributed by atoms with Crippen molar-refractivity contribution in [3.63, 3.8) is 0 Å². The average molecular weight is 300 g/mol. The normalized spacial score (nSPS) is 19.7. The maximum Gasteiger partial charge on any atom is 0.307 e. The van der Waals surface area contributed by atoms with Gasteiger partial charge in [0.2, 0.25) is 5.91 Å². The van der Waals surface area contributed by atoms with Crippen molar-refractivity contribution in [3.05, 3.63) is 0 Å². The van der Waals surface area contributed by atoms with Crippen molar-refractivity contribution in [1.82, 2.24) is 10.2 Å². The third kappa shape index (κ3) is 8.02. The minimum absolute atomic E-state index is 0.0616. The number of carboxylic acid groups (broad SMARTS) is 1. The van der Waals surface area contributed by atoms with E-state index < -0.39 is 5.97 Å². The molecule has 1 aliphatic rings. The van der Waals surface area contributed by atoms with Crippen molar-refractivity contribution in [3.8, 4) is 0 Å². The fraction of sp³-hybridized carbons (Fsp3) is 0.867. The van der Waals surface area contributed by atoms with Crippen molar-refractivity contribution >= 4 is 11.9 Å². The highest BCUT2D eigenvalue weighted by Crippen LogP contribution is 2.15. The molecule has 0 saturated carbocycles. The Morgan fingerprint density at radius 1 is 1.38 bits per heavy atom. The first-order chi connectivity index (χ1) is 9.99. The Hall–Kier alpha value is -1.14. The molecule has 6 heteroatoms. The number of ether oxygens (including phenoxy) is 1. The van der Waals surface area contributed by atoms with Gasteiger partial charge in [-0.05, 0) is 31.7 Å². The SMILES string of the molecule is CC(C)CCOCCNC(=O)CN1CCCC(C(=O)O)C1. The molecule has 1 fully saturated rings. The van der Waals surface area contributed by atoms with Crippen LogP contribution in [0.2, 0.25) is 0 Å². The maximum atomic E-state index is 11.8. The second kappa shape index (κ2) is 9.73. The summed E-state index contributed by atoms with van der Waals surface area (Å²) < 4.78 is 5.43. The molecule has 1 unspecified atom stereocenters. The van der Waals surface area contributed by atoms with Gasteiger partial charge in [0.15, 0.2) is 0 Å². The Balaban J connectivity index is 2.09. The van der Waals surface area contributed by atoms with Crippen LogP contribution in [0.3, 0.4) is 0 Å². The van der Waals surface area contributed by atoms with Gasteiger partial charge in [-0.15, -0.1) is 0 Å². The van der Waals surface area contributed by atoms with Gasteiger partial charge in [0.1, 0.15) is 0 Å². The molecule has 1 atom stereocenters. The molecular formula is C15H28N2O4. The van der Waals surface area contributed by atoms with E-state index in [0.717, 1.165) is 26.0 Å². The summed E-state index contributed by atoms with van der Waals surface area (Å²) in [6, 6.07) is 0. The van der Waals surface area contributed by atoms with Gasteiger partial charge in [0.25, 0.3) is 0 Å². The van der Waals surface area contributed by atoms with Crippen molar-refractivity contribution in [2.24, 2.45) is 11.8 Å². The molecule has 1 aliphatic heterocycles. The number of piperidine rings is 1. The summed E-state index contributed by atoms with van der Waals surface area (Å²) in [5.41, 5.74) is 0. The zero-order chi connectivity index (χ0) is 15.7. The lowest BCUT2D eigenvalue weighted by molar-refractivity contribution is -0.144. The number of carbonyl (C=O) groups excluding carboxylic acids is 1. The molecule has 0 radical (unpaired) electrons. The molecule has 6 nitrogen and oxygen atoms in total. The maximum absolute atomic E-state index is 11.8. The Morgan fingerprint density at radius 2 is 2.14 bits per heavy atom. The second-order valence-electron chi connectivity index (χ2n) is 6.06. The van der Waals surface area contributed by atoms with Crippen LogP contribution in [0.15, 0.2) is 0 Å². The van der Waals surface area contributed by atoms with Gasteiger partial charge >= 0.3 is 5.97 Å². The fourth-order valence-corrected chi connectivity index (χ4v) is 2.34. The monoisotopic (exact) mass is 300 g/mol. The molecule has 0 spiro atoms. The van der Waals surface area contributed by atoms with Gasteiger partial charge < -0.3 is 15.2 Å². The van der Waals surface area contributed by atoms with Crippen LogP contribution in [0.4, 0.5) is 0 Å². The van der Waals surface area contributed by atoms with Gasteiger partial charge in [-0.2, -0.15) is 0 Å². The summed E-state index contributed by atoms with van der Waals surface area (Å²) in [6.45, 7) is 7.58. The first-order valence-electron chi connectivity index (χ1n) is 7.78. The molecule has 21 heavy (non-hydrogen) atoms. The van der Waals surface area contributed by atoms with Crippen LogP contribution in [0.5, 0.6) is 0 Å². The Morgan fingerprint density at radius 3 is 2.81 bits per heavy atom. The molecule has 0 aliphatic carbocycles. The number of hydrogen-bond donors (Lipinski definition) is 2. The first kappa shape index (κ1) is 17.9. The molecule has 122 valence electrons. The third-order valence-electron chi connectivity index (χ3n) is 3.63. The van der Waals surface area contributed by atoms with Gasteiger partial charge in [-0.3, -0.25) is 14.5 Å². The van der Waals surface area contributed by atoms with E-state index >= 15 is 0 Å². The minimum atomic E-state index is -0.765. The predicted molar refractivity (Wildman–Crippen MR) is 80.1 cm³/mol. The smallest absolute Gasteiger partial charge is 0.307 e. The van der Waals surface area contributed by atoms with Crippen molar-refractivity contribution < 1.29 is 19.4 Å². The highest BCUT2D eigenvalue weighted by Gasteiger charge is 2.26. The van der Waals surface area contributed by atoms with Gasteiger partial charge in [0, 0.05) is 19.7 Å². The molecule has 2 N–H and O–H groups in total. The van der Waals surface area contributed by atoms with E-state index in [9.17, 15) is 9.59 Å². The van der Waals surface area contributed by atoms with Crippen LogP contribution in [0.25, 0.3) is 0 Å². The van der Waals surface area contributed by atoms with E-state index in [1.807, 2.05) is 4.90 Å². The van der Waals surface area contributed by atoms with E-state index in [1.54, 1.807) is 0 Å². The van der Waals surface area contributed by atoms with Gasteiger partial charge in [0.05, 0.1) is 19.1 Å². The van der Waals surface area contributed by atoms with Crippen LogP contribution in [0, 0.1) is 11.8 Å². The van der Waals surface area contributed by atoms with Gasteiger partial charge in [-0.25, -0.2) is 0 Å². The summed E-state index contributed by atoms with van der Waals surface area (Å²) in [5.74, 6) is -0.543. The van der Waals surface area contributed by atoms with Crippen molar-refractivity contribution in [2.75, 3.05) is 39.4 Å². The number of carbonyl (C=O) groups is 2. The fourth-order valence-electron chi connectivity index (χ4n) is 2.34. The lowest BCUT2D eigenvalue weighted by Crippen LogP contribution is -2.44. The van der Waals surface area contributed by atoms with Crippen LogP contribution < -0.4 is 5.32 Å². The predicted octanol–water partition coefficient (Wildman–Crippen LogP) is 0.962. The number of amides is 1. The average Bonchev–Trinajstić information content (AvgIpc) is 2.42. The summed E-state index contributed by atoms with van der Waals surface area (Å²) in [6.07, 6.45) is 2.57. The lowest BCUT2D eigenvalue weighted by Gasteiger charge is -2.29. The van der Waals surface area contributed by atoms with E-state index in [1.165, 1.54) is 0 Å². The summed E-state index contributed by atoms with van der Waals surface area (Å²) >= 11 is 0. The Kier molecular flexibility index (Phi) is 8.30. The first-order valence-corrected chi connectivity index (χ1v) is 7.78. The van der Waals surface area contributed by atoms with E-state index in [-0.39, 0.29) is 18.4 Å². The number of nitrogens with zero attached hydrogens (tertiary/aromatic N) is 1. The summed E-state index contributed by atoms with van der Waals surface area (Å²) in [4.78, 5) is 24.6. The minimum Gasteiger partial charge on any atom is -0.481 e. The van der Waals surface area contributed by atoms with E-state index in [4.69, 9.17) is 9.84 Å². The standard InChI is InChI=1S/C15H28N2O4/c1-12(2)5-8-21-9-6-16-14(18)11-17-7-3-4-13(10-17)15(19)20/h12-13H,3-11H2,1-2H3,(H,16,18)(H,19,20). The van der Waals surface area contributed by atoms with Crippen LogP contribution in [-0.2, 0) is 14.3 Å². The zero-order valence-electron chi connectivity index (χ0n) is 13.1. The number of likely N-dealkylation sites (tertiary alicyclic amines) is 1. The molecule has 1 amide bonds. The number of nitrogens with one attached hydrogen (secondary N) is 1. The molecule has 0 aromatic carbocycles. The zero-order valence-corrected chi connectivity index (χ0v) is 13.1. The highest BCUT2D eigenvalue weighted by molar-refractivity contribution is 5.78. The third-order valence-corrected chi connectivity index (χ3v) is 3.63. The van der Waals surface area contributed by atoms with E-state index in [2.05, 4.69) is 19.2 Å².